The van der Waals surface area contributed by atoms with Crippen LogP contribution in [0.2, 0.25) is 0 Å². The maximum Gasteiger partial charge on any atom is 0.307 e. The summed E-state index contributed by atoms with van der Waals surface area (Å²) in [6.45, 7) is 1.35. The highest BCUT2D eigenvalue weighted by molar-refractivity contribution is 5.70. The van der Waals surface area contributed by atoms with E-state index >= 15 is 0 Å². The molecule has 0 aromatic rings. The standard InChI is InChI=1S/C8H13F2NO2/c9-7(10)2-4-11-3-1-6(5-11)8(12)13/h6-7H,1-5H2,(H,12,13). The van der Waals surface area contributed by atoms with Gasteiger partial charge in [-0.1, -0.05) is 0 Å². The Bertz CT molecular complexity index is 187. The fraction of sp³-hybridized carbons (Fsp3) is 0.875. The Morgan fingerprint density at radius 1 is 1.62 bits per heavy atom. The van der Waals surface area contributed by atoms with Gasteiger partial charge in [0.15, 0.2) is 0 Å². The Morgan fingerprint density at radius 2 is 2.31 bits per heavy atom. The molecular weight excluding hydrogens is 180 g/mol. The van der Waals surface area contributed by atoms with Crippen LogP contribution in [-0.2, 0) is 4.79 Å². The number of rotatable bonds is 4. The van der Waals surface area contributed by atoms with Gasteiger partial charge in [0.25, 0.3) is 0 Å². The summed E-state index contributed by atoms with van der Waals surface area (Å²) in [7, 11) is 0. The molecule has 0 aromatic carbocycles. The smallest absolute Gasteiger partial charge is 0.307 e. The molecule has 1 atom stereocenters. The van der Waals surface area contributed by atoms with Crippen molar-refractivity contribution in [3.63, 3.8) is 0 Å². The number of carboxylic acid groups (broad SMARTS) is 1. The molecule has 1 rings (SSSR count). The molecule has 0 aliphatic carbocycles. The summed E-state index contributed by atoms with van der Waals surface area (Å²) in [6.07, 6.45) is -1.87. The Balaban J connectivity index is 2.21. The molecule has 0 spiro atoms. The first-order valence-corrected chi connectivity index (χ1v) is 4.33. The van der Waals surface area contributed by atoms with Gasteiger partial charge >= 0.3 is 5.97 Å². The normalized spacial score (nSPS) is 24.1. The number of likely N-dealkylation sites (tertiary alicyclic amines) is 1. The summed E-state index contributed by atoms with van der Waals surface area (Å²) in [4.78, 5) is 12.3. The third kappa shape index (κ3) is 3.26. The van der Waals surface area contributed by atoms with Crippen LogP contribution in [0.3, 0.4) is 0 Å². The van der Waals surface area contributed by atoms with Crippen molar-refractivity contribution in [1.29, 1.82) is 0 Å². The molecule has 0 aromatic heterocycles. The van der Waals surface area contributed by atoms with Crippen LogP contribution in [0.5, 0.6) is 0 Å². The van der Waals surface area contributed by atoms with Crippen molar-refractivity contribution in [2.24, 2.45) is 5.92 Å². The van der Waals surface area contributed by atoms with Crippen LogP contribution in [0.15, 0.2) is 0 Å². The van der Waals surface area contributed by atoms with E-state index in [0.717, 1.165) is 0 Å². The second kappa shape index (κ2) is 4.50. The van der Waals surface area contributed by atoms with Crippen LogP contribution in [0.4, 0.5) is 8.78 Å². The molecule has 76 valence electrons. The van der Waals surface area contributed by atoms with Crippen LogP contribution in [0.25, 0.3) is 0 Å². The van der Waals surface area contributed by atoms with Gasteiger partial charge < -0.3 is 10.0 Å². The van der Waals surface area contributed by atoms with Gasteiger partial charge in [-0.25, -0.2) is 8.78 Å². The lowest BCUT2D eigenvalue weighted by atomic mass is 10.1. The van der Waals surface area contributed by atoms with Crippen molar-refractivity contribution in [3.05, 3.63) is 0 Å². The Hall–Kier alpha value is -0.710. The van der Waals surface area contributed by atoms with E-state index in [0.29, 0.717) is 26.1 Å². The van der Waals surface area contributed by atoms with Crippen LogP contribution >= 0.6 is 0 Å². The summed E-state index contributed by atoms with van der Waals surface area (Å²) >= 11 is 0. The molecule has 1 fully saturated rings. The summed E-state index contributed by atoms with van der Waals surface area (Å²) in [5.74, 6) is -1.18. The SMILES string of the molecule is O=C(O)C1CCN(CCC(F)F)C1. The minimum atomic E-state index is -2.29. The summed E-state index contributed by atoms with van der Waals surface area (Å²) in [5.41, 5.74) is 0. The van der Waals surface area contributed by atoms with Gasteiger partial charge in [-0.15, -0.1) is 0 Å². The van der Waals surface area contributed by atoms with E-state index < -0.39 is 12.4 Å². The fourth-order valence-electron chi connectivity index (χ4n) is 1.52. The third-order valence-electron chi connectivity index (χ3n) is 2.29. The lowest BCUT2D eigenvalue weighted by Gasteiger charge is -2.13. The number of halogens is 2. The van der Waals surface area contributed by atoms with Gasteiger partial charge in [-0.2, -0.15) is 0 Å². The topological polar surface area (TPSA) is 40.5 Å². The van der Waals surface area contributed by atoms with Gasteiger partial charge in [-0.3, -0.25) is 4.79 Å². The maximum absolute atomic E-state index is 11.8. The number of hydrogen-bond acceptors (Lipinski definition) is 2. The van der Waals surface area contributed by atoms with Gasteiger partial charge in [0.1, 0.15) is 0 Å². The van der Waals surface area contributed by atoms with Gasteiger partial charge in [0.2, 0.25) is 6.43 Å². The molecule has 0 radical (unpaired) electrons. The van der Waals surface area contributed by atoms with Gasteiger partial charge in [0.05, 0.1) is 5.92 Å². The fourth-order valence-corrected chi connectivity index (χ4v) is 1.52. The van der Waals surface area contributed by atoms with Crippen molar-refractivity contribution in [2.75, 3.05) is 19.6 Å². The van der Waals surface area contributed by atoms with Gasteiger partial charge in [-0.05, 0) is 13.0 Å². The first-order valence-electron chi connectivity index (χ1n) is 4.33. The van der Waals surface area contributed by atoms with Crippen LogP contribution in [0.1, 0.15) is 12.8 Å². The molecule has 5 heteroatoms. The molecule has 0 saturated carbocycles. The van der Waals surface area contributed by atoms with E-state index in [-0.39, 0.29) is 12.3 Å². The highest BCUT2D eigenvalue weighted by Gasteiger charge is 2.27. The second-order valence-corrected chi connectivity index (χ2v) is 3.30. The minimum Gasteiger partial charge on any atom is -0.481 e. The lowest BCUT2D eigenvalue weighted by Crippen LogP contribution is -2.25. The Labute approximate surface area is 75.3 Å². The largest absolute Gasteiger partial charge is 0.481 e. The first kappa shape index (κ1) is 10.4. The molecule has 1 heterocycles. The second-order valence-electron chi connectivity index (χ2n) is 3.30. The molecule has 0 amide bonds. The zero-order valence-corrected chi connectivity index (χ0v) is 7.25. The molecule has 1 unspecified atom stereocenters. The third-order valence-corrected chi connectivity index (χ3v) is 2.29. The molecule has 1 N–H and O–H groups in total. The van der Waals surface area contributed by atoms with Crippen molar-refractivity contribution in [3.8, 4) is 0 Å². The van der Waals surface area contributed by atoms with Crippen molar-refractivity contribution in [2.45, 2.75) is 19.3 Å². The average Bonchev–Trinajstić information content (AvgIpc) is 2.48. The predicted octanol–water partition coefficient (Wildman–Crippen LogP) is 1.05. The number of carboxylic acids is 1. The number of alkyl halides is 2. The zero-order chi connectivity index (χ0) is 9.84. The molecule has 3 nitrogen and oxygen atoms in total. The minimum absolute atomic E-state index is 0.160. The monoisotopic (exact) mass is 193 g/mol. The van der Waals surface area contributed by atoms with Crippen molar-refractivity contribution < 1.29 is 18.7 Å². The Morgan fingerprint density at radius 3 is 2.77 bits per heavy atom. The van der Waals surface area contributed by atoms with E-state index in [2.05, 4.69) is 0 Å². The van der Waals surface area contributed by atoms with E-state index in [9.17, 15) is 13.6 Å². The highest BCUT2D eigenvalue weighted by Crippen LogP contribution is 2.17. The number of nitrogens with zero attached hydrogens (tertiary/aromatic N) is 1. The van der Waals surface area contributed by atoms with Crippen LogP contribution in [0, 0.1) is 5.92 Å². The number of hydrogen-bond donors (Lipinski definition) is 1. The number of aliphatic carboxylic acids is 1. The highest BCUT2D eigenvalue weighted by atomic mass is 19.3. The first-order chi connectivity index (χ1) is 6.09. The van der Waals surface area contributed by atoms with Crippen LogP contribution < -0.4 is 0 Å². The molecule has 0 bridgehead atoms. The lowest BCUT2D eigenvalue weighted by molar-refractivity contribution is -0.141. The Kier molecular flexibility index (Phi) is 3.59. The molecular formula is C8H13F2NO2. The van der Waals surface area contributed by atoms with Gasteiger partial charge in [0, 0.05) is 19.5 Å². The average molecular weight is 193 g/mol. The molecule has 13 heavy (non-hydrogen) atoms. The maximum atomic E-state index is 11.8. The summed E-state index contributed by atoms with van der Waals surface area (Å²) in [6, 6.07) is 0. The van der Waals surface area contributed by atoms with Crippen molar-refractivity contribution in [1.82, 2.24) is 4.90 Å². The van der Waals surface area contributed by atoms with E-state index in [1.54, 1.807) is 4.90 Å². The van der Waals surface area contributed by atoms with E-state index in [1.807, 2.05) is 0 Å². The quantitative estimate of drug-likeness (QED) is 0.725. The van der Waals surface area contributed by atoms with Crippen molar-refractivity contribution >= 4 is 5.97 Å². The molecule has 1 saturated heterocycles. The molecule has 1 aliphatic heterocycles. The summed E-state index contributed by atoms with van der Waals surface area (Å²) in [5, 5.41) is 8.63. The summed E-state index contributed by atoms with van der Waals surface area (Å²) < 4.78 is 23.6. The molecule has 1 aliphatic rings. The van der Waals surface area contributed by atoms with E-state index in [1.165, 1.54) is 0 Å². The number of carbonyl (C=O) groups is 1. The van der Waals surface area contributed by atoms with E-state index in [4.69, 9.17) is 5.11 Å². The zero-order valence-electron chi connectivity index (χ0n) is 7.25. The predicted molar refractivity (Wildman–Crippen MR) is 42.8 cm³/mol. The van der Waals surface area contributed by atoms with Crippen LogP contribution in [-0.4, -0.2) is 42.0 Å².